The maximum Gasteiger partial charge on any atom is 0.213 e. The maximum absolute atomic E-state index is 4.86. The molecule has 6 heteroatoms. The molecule has 4 nitrogen and oxygen atoms in total. The fourth-order valence-corrected chi connectivity index (χ4v) is 4.21. The highest BCUT2D eigenvalue weighted by molar-refractivity contribution is 8.00. The fourth-order valence-electron chi connectivity index (χ4n) is 2.60. The van der Waals surface area contributed by atoms with Crippen LogP contribution in [0.15, 0.2) is 52.0 Å². The summed E-state index contributed by atoms with van der Waals surface area (Å²) < 4.78 is 1.87. The Bertz CT molecular complexity index is 847. The number of aromatic nitrogens is 3. The molecule has 3 aromatic rings. The molecular weight excluding hydrogens is 324 g/mol. The third-order valence-corrected chi connectivity index (χ3v) is 5.79. The lowest BCUT2D eigenvalue weighted by molar-refractivity contribution is 0.755. The number of aryl methyl sites for hydroxylation is 1. The summed E-state index contributed by atoms with van der Waals surface area (Å²) in [5, 5.41) is 16.6. The number of hydrogen-bond acceptors (Lipinski definition) is 5. The van der Waals surface area contributed by atoms with E-state index in [1.54, 1.807) is 23.1 Å². The van der Waals surface area contributed by atoms with E-state index in [1.165, 1.54) is 11.1 Å². The standard InChI is InChI=1S/C17H16N4S2/c1-3-12-6-8-13(9-7-12)15-11(2)23-17-19-18-16(21(17)20-15)14-5-4-10-22-14/h4-11H,3H2,1-2H3/t11-/m0/s1. The molecule has 0 bridgehead atoms. The molecule has 1 atom stereocenters. The van der Waals surface area contributed by atoms with Crippen LogP contribution in [0.4, 0.5) is 0 Å². The van der Waals surface area contributed by atoms with Crippen LogP contribution in [0.25, 0.3) is 10.7 Å². The van der Waals surface area contributed by atoms with Crippen molar-refractivity contribution in [2.75, 3.05) is 0 Å². The van der Waals surface area contributed by atoms with Crippen LogP contribution < -0.4 is 0 Å². The molecule has 0 saturated carbocycles. The SMILES string of the molecule is CCc1ccc(C2=Nn3c(nnc3-c3cccs3)S[C@H]2C)cc1. The average molecular weight is 340 g/mol. The Labute approximate surface area is 143 Å². The van der Waals surface area contributed by atoms with Gasteiger partial charge in [-0.1, -0.05) is 49.0 Å². The zero-order valence-electron chi connectivity index (χ0n) is 12.9. The van der Waals surface area contributed by atoms with Crippen molar-refractivity contribution in [2.24, 2.45) is 5.10 Å². The van der Waals surface area contributed by atoms with Gasteiger partial charge in [-0.25, -0.2) is 0 Å². The van der Waals surface area contributed by atoms with E-state index in [1.807, 2.05) is 16.1 Å². The van der Waals surface area contributed by atoms with Crippen LogP contribution >= 0.6 is 23.1 Å². The van der Waals surface area contributed by atoms with Gasteiger partial charge in [0.15, 0.2) is 5.82 Å². The molecule has 1 aliphatic heterocycles. The molecule has 3 heterocycles. The molecule has 23 heavy (non-hydrogen) atoms. The Kier molecular flexibility index (Phi) is 3.79. The zero-order chi connectivity index (χ0) is 15.8. The largest absolute Gasteiger partial charge is 0.213 e. The summed E-state index contributed by atoms with van der Waals surface area (Å²) in [6, 6.07) is 12.8. The minimum absolute atomic E-state index is 0.260. The Morgan fingerprint density at radius 3 is 2.65 bits per heavy atom. The summed E-state index contributed by atoms with van der Waals surface area (Å²) >= 11 is 3.36. The molecule has 1 aromatic carbocycles. The Balaban J connectivity index is 1.79. The van der Waals surface area contributed by atoms with E-state index >= 15 is 0 Å². The Morgan fingerprint density at radius 2 is 1.96 bits per heavy atom. The summed E-state index contributed by atoms with van der Waals surface area (Å²) in [5.74, 6) is 0.817. The van der Waals surface area contributed by atoms with E-state index in [9.17, 15) is 0 Å². The summed E-state index contributed by atoms with van der Waals surface area (Å²) in [4.78, 5) is 1.09. The number of thiophene rings is 1. The molecule has 0 aliphatic carbocycles. The van der Waals surface area contributed by atoms with Gasteiger partial charge in [-0.2, -0.15) is 9.78 Å². The minimum atomic E-state index is 0.260. The molecule has 4 rings (SSSR count). The first-order chi connectivity index (χ1) is 11.3. The van der Waals surface area contributed by atoms with Crippen LogP contribution in [-0.4, -0.2) is 25.8 Å². The highest BCUT2D eigenvalue weighted by atomic mass is 32.2. The molecule has 0 unspecified atom stereocenters. The highest BCUT2D eigenvalue weighted by Crippen LogP contribution is 2.33. The topological polar surface area (TPSA) is 43.1 Å². The monoisotopic (exact) mass is 340 g/mol. The molecule has 1 aliphatic rings. The van der Waals surface area contributed by atoms with Crippen molar-refractivity contribution in [3.05, 3.63) is 52.9 Å². The van der Waals surface area contributed by atoms with Gasteiger partial charge in [0, 0.05) is 0 Å². The summed E-state index contributed by atoms with van der Waals surface area (Å²) in [7, 11) is 0. The highest BCUT2D eigenvalue weighted by Gasteiger charge is 2.26. The molecule has 0 fully saturated rings. The first-order valence-electron chi connectivity index (χ1n) is 7.60. The van der Waals surface area contributed by atoms with Gasteiger partial charge in [0.1, 0.15) is 0 Å². The average Bonchev–Trinajstić information content (AvgIpc) is 3.23. The Hall–Kier alpha value is -1.92. The van der Waals surface area contributed by atoms with E-state index in [-0.39, 0.29) is 5.25 Å². The fraction of sp³-hybridized carbons (Fsp3) is 0.235. The number of thioether (sulfide) groups is 1. The molecular formula is C17H16N4S2. The van der Waals surface area contributed by atoms with Crippen molar-refractivity contribution in [1.29, 1.82) is 0 Å². The smallest absolute Gasteiger partial charge is 0.186 e. The van der Waals surface area contributed by atoms with Gasteiger partial charge in [-0.05, 0) is 35.9 Å². The van der Waals surface area contributed by atoms with Crippen molar-refractivity contribution >= 4 is 28.8 Å². The number of fused-ring (bicyclic) bond motifs is 1. The van der Waals surface area contributed by atoms with Crippen LogP contribution in [0.3, 0.4) is 0 Å². The zero-order valence-corrected chi connectivity index (χ0v) is 14.6. The van der Waals surface area contributed by atoms with Crippen LogP contribution in [-0.2, 0) is 6.42 Å². The summed E-state index contributed by atoms with van der Waals surface area (Å²) in [6.45, 7) is 4.34. The summed E-state index contributed by atoms with van der Waals surface area (Å²) in [6.07, 6.45) is 1.05. The molecule has 116 valence electrons. The molecule has 0 amide bonds. The predicted octanol–water partition coefficient (Wildman–Crippen LogP) is 4.32. The van der Waals surface area contributed by atoms with Crippen molar-refractivity contribution in [1.82, 2.24) is 14.9 Å². The third kappa shape index (κ3) is 2.62. The van der Waals surface area contributed by atoms with Crippen molar-refractivity contribution in [3.63, 3.8) is 0 Å². The molecule has 0 saturated heterocycles. The van der Waals surface area contributed by atoms with Crippen LogP contribution in [0.1, 0.15) is 25.0 Å². The third-order valence-electron chi connectivity index (χ3n) is 3.89. The Morgan fingerprint density at radius 1 is 1.13 bits per heavy atom. The van der Waals surface area contributed by atoms with Crippen molar-refractivity contribution in [3.8, 4) is 10.7 Å². The number of nitrogens with zero attached hydrogens (tertiary/aromatic N) is 4. The normalized spacial score (nSPS) is 17.0. The van der Waals surface area contributed by atoms with Crippen LogP contribution in [0.2, 0.25) is 0 Å². The number of benzene rings is 1. The lowest BCUT2D eigenvalue weighted by Gasteiger charge is -2.19. The summed E-state index contributed by atoms with van der Waals surface area (Å²) in [5.41, 5.74) is 3.58. The number of rotatable bonds is 3. The van der Waals surface area contributed by atoms with Crippen LogP contribution in [0, 0.1) is 0 Å². The van der Waals surface area contributed by atoms with Crippen LogP contribution in [0.5, 0.6) is 0 Å². The van der Waals surface area contributed by atoms with E-state index in [4.69, 9.17) is 5.10 Å². The van der Waals surface area contributed by atoms with E-state index in [0.717, 1.165) is 28.0 Å². The van der Waals surface area contributed by atoms with Gasteiger partial charge in [-0.3, -0.25) is 0 Å². The predicted molar refractivity (Wildman–Crippen MR) is 96.4 cm³/mol. The van der Waals surface area contributed by atoms with E-state index < -0.39 is 0 Å². The molecule has 0 radical (unpaired) electrons. The second kappa shape index (κ2) is 5.94. The van der Waals surface area contributed by atoms with E-state index in [0.29, 0.717) is 0 Å². The maximum atomic E-state index is 4.86. The molecule has 0 N–H and O–H groups in total. The minimum Gasteiger partial charge on any atom is -0.186 e. The molecule has 2 aromatic heterocycles. The lowest BCUT2D eigenvalue weighted by atomic mass is 10.0. The van der Waals surface area contributed by atoms with Gasteiger partial charge in [0.05, 0.1) is 15.8 Å². The van der Waals surface area contributed by atoms with Gasteiger partial charge in [0.2, 0.25) is 5.16 Å². The van der Waals surface area contributed by atoms with Gasteiger partial charge in [-0.15, -0.1) is 21.5 Å². The quantitative estimate of drug-likeness (QED) is 0.713. The van der Waals surface area contributed by atoms with Gasteiger partial charge >= 0.3 is 0 Å². The first kappa shape index (κ1) is 14.7. The first-order valence-corrected chi connectivity index (χ1v) is 9.36. The van der Waals surface area contributed by atoms with E-state index in [2.05, 4.69) is 54.4 Å². The van der Waals surface area contributed by atoms with Crippen molar-refractivity contribution < 1.29 is 0 Å². The van der Waals surface area contributed by atoms with Gasteiger partial charge in [0.25, 0.3) is 0 Å². The molecule has 0 spiro atoms. The van der Waals surface area contributed by atoms with Gasteiger partial charge < -0.3 is 0 Å². The number of hydrogen-bond donors (Lipinski definition) is 0. The van der Waals surface area contributed by atoms with Crippen molar-refractivity contribution in [2.45, 2.75) is 30.7 Å². The lowest BCUT2D eigenvalue weighted by Crippen LogP contribution is -2.21. The second-order valence-corrected chi connectivity index (χ2v) is 7.65. The second-order valence-electron chi connectivity index (χ2n) is 5.39.